The first-order chi connectivity index (χ1) is 18.2. The molecule has 0 unspecified atom stereocenters. The first-order valence-electron chi connectivity index (χ1n) is 12.9. The number of amides is 1. The van der Waals surface area contributed by atoms with E-state index in [4.69, 9.17) is 14.6 Å². The summed E-state index contributed by atoms with van der Waals surface area (Å²) in [6, 6.07) is 9.92. The Balaban J connectivity index is 1.34. The first kappa shape index (κ1) is 26.2. The van der Waals surface area contributed by atoms with Crippen molar-refractivity contribution in [2.24, 2.45) is 4.99 Å². The maximum Gasteiger partial charge on any atom is 0.417 e. The average molecular weight is 529 g/mol. The zero-order valence-electron chi connectivity index (χ0n) is 21.3. The van der Waals surface area contributed by atoms with Gasteiger partial charge in [-0.3, -0.25) is 9.48 Å². The number of hydrogen-bond donors (Lipinski definition) is 0. The number of aliphatic imine (C=N–C) groups is 1. The summed E-state index contributed by atoms with van der Waals surface area (Å²) in [4.78, 5) is 19.9. The second-order valence-corrected chi connectivity index (χ2v) is 9.93. The maximum atomic E-state index is 14.1. The van der Waals surface area contributed by atoms with E-state index in [0.29, 0.717) is 38.1 Å². The summed E-state index contributed by atoms with van der Waals surface area (Å²) in [5, 5.41) is 4.76. The number of halogens is 3. The van der Waals surface area contributed by atoms with Crippen LogP contribution in [0.2, 0.25) is 0 Å². The molecule has 0 N–H and O–H groups in total. The predicted molar refractivity (Wildman–Crippen MR) is 136 cm³/mol. The van der Waals surface area contributed by atoms with Crippen molar-refractivity contribution in [1.29, 1.82) is 0 Å². The number of aromatic nitrogens is 2. The lowest BCUT2D eigenvalue weighted by molar-refractivity contribution is -0.0857. The molecule has 2 fully saturated rings. The van der Waals surface area contributed by atoms with Gasteiger partial charge in [-0.15, -0.1) is 0 Å². The molecular formula is C28H31F3N4O3. The van der Waals surface area contributed by atoms with Crippen LogP contribution in [0.4, 0.5) is 13.2 Å². The van der Waals surface area contributed by atoms with E-state index in [2.05, 4.69) is 11.6 Å². The van der Waals surface area contributed by atoms with Gasteiger partial charge in [0.15, 0.2) is 5.69 Å². The minimum atomic E-state index is -4.49. The van der Waals surface area contributed by atoms with Crippen LogP contribution in [0.15, 0.2) is 59.4 Å². The number of rotatable bonds is 8. The molecular weight excluding hydrogens is 497 g/mol. The quantitative estimate of drug-likeness (QED) is 0.327. The van der Waals surface area contributed by atoms with E-state index in [1.807, 2.05) is 39.9 Å². The predicted octanol–water partition coefficient (Wildman–Crippen LogP) is 5.67. The molecule has 5 rings (SSSR count). The lowest BCUT2D eigenvalue weighted by Crippen LogP contribution is -2.46. The van der Waals surface area contributed by atoms with Crippen LogP contribution in [-0.4, -0.2) is 57.8 Å². The SMILES string of the molecule is C=C(/N=C\C(=C/C)C(F)(F)F)OCCC12CCC(CC1)N2C(=O)c1nn2c(c1-c1ccccc1)COCC2. The van der Waals surface area contributed by atoms with Gasteiger partial charge in [-0.25, -0.2) is 4.99 Å². The van der Waals surface area contributed by atoms with Crippen molar-refractivity contribution < 1.29 is 27.4 Å². The van der Waals surface area contributed by atoms with Gasteiger partial charge in [-0.1, -0.05) is 36.4 Å². The fraction of sp³-hybridized carbons (Fsp3) is 0.464. The Hall–Kier alpha value is -3.40. The van der Waals surface area contributed by atoms with E-state index >= 15 is 0 Å². The van der Waals surface area contributed by atoms with Gasteiger partial charge >= 0.3 is 6.18 Å². The molecule has 10 heteroatoms. The van der Waals surface area contributed by atoms with Crippen molar-refractivity contribution in [3.05, 3.63) is 65.8 Å². The molecule has 1 aromatic carbocycles. The van der Waals surface area contributed by atoms with Crippen molar-refractivity contribution >= 4 is 12.1 Å². The van der Waals surface area contributed by atoms with E-state index in [1.54, 1.807) is 0 Å². The number of carbonyl (C=O) groups is 1. The Kier molecular flexibility index (Phi) is 7.17. The van der Waals surface area contributed by atoms with Gasteiger partial charge in [0, 0.05) is 29.8 Å². The molecule has 1 aromatic heterocycles. The van der Waals surface area contributed by atoms with E-state index < -0.39 is 11.7 Å². The topological polar surface area (TPSA) is 69.0 Å². The van der Waals surface area contributed by atoms with Gasteiger partial charge in [-0.2, -0.15) is 18.3 Å². The van der Waals surface area contributed by atoms with Crippen molar-refractivity contribution in [3.8, 4) is 11.1 Å². The molecule has 0 radical (unpaired) electrons. The smallest absolute Gasteiger partial charge is 0.417 e. The molecule has 0 atom stereocenters. The van der Waals surface area contributed by atoms with E-state index in [-0.39, 0.29) is 30.0 Å². The van der Waals surface area contributed by atoms with E-state index in [0.717, 1.165) is 48.6 Å². The van der Waals surface area contributed by atoms with Crippen molar-refractivity contribution in [1.82, 2.24) is 14.7 Å². The average Bonchev–Trinajstić information content (AvgIpc) is 3.58. The van der Waals surface area contributed by atoms with E-state index in [9.17, 15) is 18.0 Å². The van der Waals surface area contributed by atoms with E-state index in [1.165, 1.54) is 6.92 Å². The molecule has 0 saturated carbocycles. The van der Waals surface area contributed by atoms with Gasteiger partial charge in [0.1, 0.15) is 0 Å². The second-order valence-electron chi connectivity index (χ2n) is 9.93. The Morgan fingerprint density at radius 1 is 1.29 bits per heavy atom. The Bertz CT molecular complexity index is 1260. The van der Waals surface area contributed by atoms with Crippen LogP contribution in [0.3, 0.4) is 0 Å². The van der Waals surface area contributed by atoms with Crippen molar-refractivity contribution in [3.63, 3.8) is 0 Å². The monoisotopic (exact) mass is 528 g/mol. The largest absolute Gasteiger partial charge is 0.478 e. The molecule has 3 aliphatic rings. The first-order valence-corrected chi connectivity index (χ1v) is 12.9. The number of ether oxygens (including phenoxy) is 2. The van der Waals surface area contributed by atoms with Gasteiger partial charge < -0.3 is 14.4 Å². The number of benzene rings is 1. The number of alkyl halides is 3. The molecule has 2 bridgehead atoms. The minimum Gasteiger partial charge on any atom is -0.478 e. The lowest BCUT2D eigenvalue weighted by atomic mass is 9.85. The fourth-order valence-corrected chi connectivity index (χ4v) is 5.95. The normalized spacial score (nSPS) is 23.2. The van der Waals surface area contributed by atoms with Crippen LogP contribution < -0.4 is 0 Å². The molecule has 2 saturated heterocycles. The molecule has 7 nitrogen and oxygen atoms in total. The molecule has 38 heavy (non-hydrogen) atoms. The van der Waals surface area contributed by atoms with Crippen LogP contribution in [0.5, 0.6) is 0 Å². The summed E-state index contributed by atoms with van der Waals surface area (Å²) in [6.45, 7) is 6.67. The number of hydrogen-bond acceptors (Lipinski definition) is 5. The third-order valence-corrected chi connectivity index (χ3v) is 7.81. The summed E-state index contributed by atoms with van der Waals surface area (Å²) in [5.74, 6) is -0.186. The third-order valence-electron chi connectivity index (χ3n) is 7.81. The summed E-state index contributed by atoms with van der Waals surface area (Å²) >= 11 is 0. The van der Waals surface area contributed by atoms with Gasteiger partial charge in [0.05, 0.1) is 37.6 Å². The summed E-state index contributed by atoms with van der Waals surface area (Å²) in [6.07, 6.45) is 1.20. The maximum absolute atomic E-state index is 14.1. The fourth-order valence-electron chi connectivity index (χ4n) is 5.95. The van der Waals surface area contributed by atoms with Crippen LogP contribution in [0.25, 0.3) is 11.1 Å². The standard InChI is InChI=1S/C28H31F3N4O3/c1-3-21(28(29,30)31)17-32-19(2)38-15-13-27-11-9-22(10-12-27)35(27)26(36)25-24(20-7-5-4-6-8-20)23-18-37-16-14-34(23)33-25/h3-8,17,22H,2,9-16,18H2,1H3/b21-3+,32-17-. The lowest BCUT2D eigenvalue weighted by Gasteiger charge is -2.35. The van der Waals surface area contributed by atoms with Crippen molar-refractivity contribution in [2.45, 2.75) is 69.9 Å². The third kappa shape index (κ3) is 4.89. The summed E-state index contributed by atoms with van der Waals surface area (Å²) < 4.78 is 51.9. The Labute approximate surface area is 219 Å². The molecule has 202 valence electrons. The highest BCUT2D eigenvalue weighted by Crippen LogP contribution is 2.49. The number of fused-ring (bicyclic) bond motifs is 3. The molecule has 4 heterocycles. The highest BCUT2D eigenvalue weighted by atomic mass is 19.4. The summed E-state index contributed by atoms with van der Waals surface area (Å²) in [5.41, 5.74) is 1.84. The molecule has 1 amide bonds. The highest BCUT2D eigenvalue weighted by Gasteiger charge is 2.54. The molecule has 2 aromatic rings. The molecule has 0 aliphatic carbocycles. The van der Waals surface area contributed by atoms with Crippen LogP contribution in [0.1, 0.15) is 55.2 Å². The van der Waals surface area contributed by atoms with Gasteiger partial charge in [-0.05, 0) is 44.7 Å². The zero-order valence-corrected chi connectivity index (χ0v) is 21.3. The highest BCUT2D eigenvalue weighted by molar-refractivity contribution is 6.00. The Morgan fingerprint density at radius 2 is 2.03 bits per heavy atom. The Morgan fingerprint density at radius 3 is 2.71 bits per heavy atom. The number of nitrogens with zero attached hydrogens (tertiary/aromatic N) is 4. The number of allylic oxidation sites excluding steroid dienone is 2. The van der Waals surface area contributed by atoms with Crippen LogP contribution >= 0.6 is 0 Å². The van der Waals surface area contributed by atoms with Crippen LogP contribution in [-0.2, 0) is 22.6 Å². The number of carbonyl (C=O) groups excluding carboxylic acids is 1. The molecule has 0 spiro atoms. The second kappa shape index (κ2) is 10.4. The van der Waals surface area contributed by atoms with Gasteiger partial charge in [0.25, 0.3) is 5.91 Å². The van der Waals surface area contributed by atoms with Crippen LogP contribution in [0, 0.1) is 0 Å². The van der Waals surface area contributed by atoms with Crippen molar-refractivity contribution in [2.75, 3.05) is 13.2 Å². The minimum absolute atomic E-state index is 0.0921. The summed E-state index contributed by atoms with van der Waals surface area (Å²) in [7, 11) is 0. The zero-order chi connectivity index (χ0) is 26.9. The van der Waals surface area contributed by atoms with Gasteiger partial charge in [0.2, 0.25) is 5.88 Å². The molecule has 3 aliphatic heterocycles.